The smallest absolute Gasteiger partial charge is 0.152 e. The molecule has 0 spiro atoms. The molecule has 0 aliphatic carbocycles. The molecule has 1 N–H and O–H groups in total. The van der Waals surface area contributed by atoms with Crippen LogP contribution in [0, 0.1) is 27.7 Å². The first-order valence-corrected chi connectivity index (χ1v) is 6.69. The van der Waals surface area contributed by atoms with Crippen LogP contribution in [-0.4, -0.2) is 16.5 Å². The van der Waals surface area contributed by atoms with Crippen molar-refractivity contribution < 1.29 is 0 Å². The Balaban J connectivity index is 2.59. The van der Waals surface area contributed by atoms with E-state index >= 15 is 0 Å². The van der Waals surface area contributed by atoms with E-state index in [1.807, 2.05) is 13.8 Å². The second-order valence-electron chi connectivity index (χ2n) is 4.92. The number of aromatic nitrogens is 2. The van der Waals surface area contributed by atoms with E-state index in [2.05, 4.69) is 49.3 Å². The van der Waals surface area contributed by atoms with Gasteiger partial charge >= 0.3 is 0 Å². The van der Waals surface area contributed by atoms with Gasteiger partial charge in [0, 0.05) is 12.1 Å². The van der Waals surface area contributed by atoms with E-state index in [1.165, 1.54) is 11.1 Å². The first kappa shape index (κ1) is 13.5. The van der Waals surface area contributed by atoms with Gasteiger partial charge in [-0.25, -0.2) is 9.97 Å². The molecule has 0 atom stereocenters. The summed E-state index contributed by atoms with van der Waals surface area (Å²) in [6, 6.07) is 6.42. The minimum Gasteiger partial charge on any atom is -0.369 e. The SMILES string of the molecule is CCNc1nc(C)c(C)nc1-c1ccc(C)c(C)c1. The number of nitrogens with zero attached hydrogens (tertiary/aromatic N) is 2. The summed E-state index contributed by atoms with van der Waals surface area (Å²) in [7, 11) is 0. The van der Waals surface area contributed by atoms with Crippen molar-refractivity contribution in [3.05, 3.63) is 40.7 Å². The standard InChI is InChI=1S/C16H21N3/c1-6-17-16-15(18-12(4)13(5)19-16)14-8-7-10(2)11(3)9-14/h7-9H,6H2,1-5H3,(H,17,19). The number of nitrogens with one attached hydrogen (secondary N) is 1. The summed E-state index contributed by atoms with van der Waals surface area (Å²) < 4.78 is 0. The third-order valence-corrected chi connectivity index (χ3v) is 3.43. The lowest BCUT2D eigenvalue weighted by molar-refractivity contribution is 1.03. The van der Waals surface area contributed by atoms with Crippen LogP contribution in [0.15, 0.2) is 18.2 Å². The summed E-state index contributed by atoms with van der Waals surface area (Å²) >= 11 is 0. The van der Waals surface area contributed by atoms with Gasteiger partial charge in [0.05, 0.1) is 11.4 Å². The van der Waals surface area contributed by atoms with Crippen LogP contribution in [0.1, 0.15) is 29.4 Å². The molecule has 19 heavy (non-hydrogen) atoms. The van der Waals surface area contributed by atoms with Gasteiger partial charge in [-0.05, 0) is 51.8 Å². The molecule has 2 rings (SSSR count). The number of anilines is 1. The molecule has 3 nitrogen and oxygen atoms in total. The molecule has 0 aliphatic heterocycles. The van der Waals surface area contributed by atoms with Crippen LogP contribution in [0.4, 0.5) is 5.82 Å². The van der Waals surface area contributed by atoms with Crippen molar-refractivity contribution in [3.63, 3.8) is 0 Å². The average molecular weight is 255 g/mol. The Labute approximate surface area is 115 Å². The van der Waals surface area contributed by atoms with Crippen molar-refractivity contribution in [1.82, 2.24) is 9.97 Å². The van der Waals surface area contributed by atoms with E-state index < -0.39 is 0 Å². The number of hydrogen-bond donors (Lipinski definition) is 1. The van der Waals surface area contributed by atoms with Gasteiger partial charge in [0.15, 0.2) is 5.82 Å². The molecule has 0 bridgehead atoms. The molecule has 0 aliphatic rings. The molecule has 3 heteroatoms. The predicted octanol–water partition coefficient (Wildman–Crippen LogP) is 3.81. The van der Waals surface area contributed by atoms with Crippen LogP contribution >= 0.6 is 0 Å². The maximum Gasteiger partial charge on any atom is 0.152 e. The molecule has 0 saturated carbocycles. The molecule has 1 heterocycles. The molecule has 1 aromatic heterocycles. The van der Waals surface area contributed by atoms with Gasteiger partial charge in [0.25, 0.3) is 0 Å². The molecule has 0 radical (unpaired) electrons. The monoisotopic (exact) mass is 255 g/mol. The Kier molecular flexibility index (Phi) is 3.84. The van der Waals surface area contributed by atoms with Crippen molar-refractivity contribution in [1.29, 1.82) is 0 Å². The lowest BCUT2D eigenvalue weighted by Gasteiger charge is -2.13. The van der Waals surface area contributed by atoms with Crippen molar-refractivity contribution in [2.75, 3.05) is 11.9 Å². The van der Waals surface area contributed by atoms with E-state index in [4.69, 9.17) is 4.98 Å². The van der Waals surface area contributed by atoms with Crippen molar-refractivity contribution in [2.45, 2.75) is 34.6 Å². The highest BCUT2D eigenvalue weighted by atomic mass is 15.0. The van der Waals surface area contributed by atoms with E-state index in [1.54, 1.807) is 0 Å². The molecular formula is C16H21N3. The lowest BCUT2D eigenvalue weighted by atomic mass is 10.0. The molecule has 0 saturated heterocycles. The second kappa shape index (κ2) is 5.39. The average Bonchev–Trinajstić information content (AvgIpc) is 2.37. The lowest BCUT2D eigenvalue weighted by Crippen LogP contribution is -2.06. The number of aryl methyl sites for hydroxylation is 4. The van der Waals surface area contributed by atoms with Crippen molar-refractivity contribution >= 4 is 5.82 Å². The van der Waals surface area contributed by atoms with Crippen LogP contribution in [0.5, 0.6) is 0 Å². The summed E-state index contributed by atoms with van der Waals surface area (Å²) in [4.78, 5) is 9.32. The maximum absolute atomic E-state index is 4.71. The quantitative estimate of drug-likeness (QED) is 0.906. The number of rotatable bonds is 3. The summed E-state index contributed by atoms with van der Waals surface area (Å²) in [6.07, 6.45) is 0. The van der Waals surface area contributed by atoms with Crippen LogP contribution < -0.4 is 5.32 Å². The van der Waals surface area contributed by atoms with E-state index in [-0.39, 0.29) is 0 Å². The highest BCUT2D eigenvalue weighted by Crippen LogP contribution is 2.27. The number of benzene rings is 1. The molecule has 2 aromatic rings. The minimum absolute atomic E-state index is 0.842. The molecule has 100 valence electrons. The van der Waals surface area contributed by atoms with E-state index in [9.17, 15) is 0 Å². The summed E-state index contributed by atoms with van der Waals surface area (Å²) in [5.74, 6) is 0.869. The fourth-order valence-electron chi connectivity index (χ4n) is 1.98. The third kappa shape index (κ3) is 2.75. The van der Waals surface area contributed by atoms with Crippen LogP contribution in [-0.2, 0) is 0 Å². The largest absolute Gasteiger partial charge is 0.369 e. The fraction of sp³-hybridized carbons (Fsp3) is 0.375. The molecule has 0 amide bonds. The zero-order valence-corrected chi connectivity index (χ0v) is 12.3. The zero-order chi connectivity index (χ0) is 14.0. The summed E-state index contributed by atoms with van der Waals surface area (Å²) in [6.45, 7) is 11.2. The van der Waals surface area contributed by atoms with Crippen LogP contribution in [0.25, 0.3) is 11.3 Å². The van der Waals surface area contributed by atoms with Gasteiger partial charge in [0.2, 0.25) is 0 Å². The molecular weight excluding hydrogens is 234 g/mol. The van der Waals surface area contributed by atoms with Gasteiger partial charge in [-0.1, -0.05) is 12.1 Å². The fourth-order valence-corrected chi connectivity index (χ4v) is 1.98. The first-order valence-electron chi connectivity index (χ1n) is 6.69. The predicted molar refractivity (Wildman–Crippen MR) is 80.6 cm³/mol. The molecule has 1 aromatic carbocycles. The Bertz CT molecular complexity index is 603. The maximum atomic E-state index is 4.71. The Hall–Kier alpha value is -1.90. The highest BCUT2D eigenvalue weighted by Gasteiger charge is 2.11. The third-order valence-electron chi connectivity index (χ3n) is 3.43. The van der Waals surface area contributed by atoms with Crippen molar-refractivity contribution in [2.24, 2.45) is 0 Å². The molecule has 0 fully saturated rings. The van der Waals surface area contributed by atoms with Gasteiger partial charge in [-0.3, -0.25) is 0 Å². The first-order chi connectivity index (χ1) is 9.02. The highest BCUT2D eigenvalue weighted by molar-refractivity contribution is 5.72. The van der Waals surface area contributed by atoms with Gasteiger partial charge in [-0.15, -0.1) is 0 Å². The van der Waals surface area contributed by atoms with E-state index in [0.29, 0.717) is 0 Å². The Morgan fingerprint density at radius 1 is 0.947 bits per heavy atom. The van der Waals surface area contributed by atoms with Gasteiger partial charge in [0.1, 0.15) is 5.69 Å². The van der Waals surface area contributed by atoms with E-state index in [0.717, 1.165) is 35.0 Å². The summed E-state index contributed by atoms with van der Waals surface area (Å²) in [5.41, 5.74) is 6.59. The summed E-state index contributed by atoms with van der Waals surface area (Å²) in [5, 5.41) is 3.30. The topological polar surface area (TPSA) is 37.8 Å². The van der Waals surface area contributed by atoms with Crippen molar-refractivity contribution in [3.8, 4) is 11.3 Å². The van der Waals surface area contributed by atoms with Crippen LogP contribution in [0.3, 0.4) is 0 Å². The minimum atomic E-state index is 0.842. The zero-order valence-electron chi connectivity index (χ0n) is 12.3. The van der Waals surface area contributed by atoms with Crippen LogP contribution in [0.2, 0.25) is 0 Å². The molecule has 0 unspecified atom stereocenters. The normalized spacial score (nSPS) is 10.6. The van der Waals surface area contributed by atoms with Gasteiger partial charge in [-0.2, -0.15) is 0 Å². The Morgan fingerprint density at radius 2 is 1.63 bits per heavy atom. The number of hydrogen-bond acceptors (Lipinski definition) is 3. The Morgan fingerprint density at radius 3 is 2.26 bits per heavy atom. The van der Waals surface area contributed by atoms with Gasteiger partial charge < -0.3 is 5.32 Å². The second-order valence-corrected chi connectivity index (χ2v) is 4.92.